The average molecular weight is 362 g/mol. The fourth-order valence-corrected chi connectivity index (χ4v) is 3.66. The van der Waals surface area contributed by atoms with Gasteiger partial charge >= 0.3 is 0 Å². The van der Waals surface area contributed by atoms with E-state index in [-0.39, 0.29) is 16.8 Å². The minimum atomic E-state index is -0.673. The number of amides is 1. The number of hydrogen-bond acceptors (Lipinski definition) is 3. The van der Waals surface area contributed by atoms with Crippen LogP contribution in [-0.4, -0.2) is 18.5 Å². The van der Waals surface area contributed by atoms with Crippen LogP contribution in [0, 0.1) is 17.6 Å². The molecular formula is C19H20F2N2OS. The summed E-state index contributed by atoms with van der Waals surface area (Å²) in [6.45, 7) is 0.402. The first-order valence-corrected chi connectivity index (χ1v) is 9.12. The Morgan fingerprint density at radius 1 is 1.20 bits per heavy atom. The van der Waals surface area contributed by atoms with Crippen LogP contribution in [0.25, 0.3) is 0 Å². The van der Waals surface area contributed by atoms with E-state index in [0.717, 1.165) is 36.2 Å². The van der Waals surface area contributed by atoms with Gasteiger partial charge in [0.15, 0.2) is 0 Å². The average Bonchev–Trinajstić information content (AvgIpc) is 3.44. The van der Waals surface area contributed by atoms with Gasteiger partial charge < -0.3 is 11.1 Å². The molecule has 0 radical (unpaired) electrons. The van der Waals surface area contributed by atoms with Crippen molar-refractivity contribution >= 4 is 17.7 Å². The Morgan fingerprint density at radius 2 is 1.92 bits per heavy atom. The van der Waals surface area contributed by atoms with Crippen molar-refractivity contribution in [2.75, 3.05) is 6.54 Å². The summed E-state index contributed by atoms with van der Waals surface area (Å²) in [5, 5.41) is 2.24. The highest BCUT2D eigenvalue weighted by Gasteiger charge is 2.30. The van der Waals surface area contributed by atoms with Crippen LogP contribution in [0.3, 0.4) is 0 Å². The Morgan fingerprint density at radius 3 is 2.56 bits per heavy atom. The molecule has 1 amide bonds. The van der Waals surface area contributed by atoms with Crippen molar-refractivity contribution in [2.45, 2.75) is 29.0 Å². The lowest BCUT2D eigenvalue weighted by molar-refractivity contribution is -0.120. The zero-order chi connectivity index (χ0) is 17.8. The highest BCUT2D eigenvalue weighted by molar-refractivity contribution is 8.00. The molecular weight excluding hydrogens is 342 g/mol. The van der Waals surface area contributed by atoms with E-state index < -0.39 is 16.9 Å². The molecule has 3 N–H and O–H groups in total. The van der Waals surface area contributed by atoms with Crippen LogP contribution in [0.4, 0.5) is 8.78 Å². The first-order valence-electron chi connectivity index (χ1n) is 8.24. The maximum absolute atomic E-state index is 14.0. The van der Waals surface area contributed by atoms with Gasteiger partial charge in [-0.05, 0) is 36.5 Å². The number of hydrogen-bond donors (Lipinski definition) is 2. The molecule has 0 spiro atoms. The smallest absolute Gasteiger partial charge is 0.238 e. The first kappa shape index (κ1) is 17.9. The highest BCUT2D eigenvalue weighted by Crippen LogP contribution is 2.37. The number of benzene rings is 2. The van der Waals surface area contributed by atoms with Crippen molar-refractivity contribution in [2.24, 2.45) is 11.7 Å². The summed E-state index contributed by atoms with van der Waals surface area (Å²) in [5.41, 5.74) is 6.79. The molecule has 2 aromatic rings. The number of rotatable bonds is 7. The monoisotopic (exact) mass is 362 g/mol. The second-order valence-electron chi connectivity index (χ2n) is 6.23. The van der Waals surface area contributed by atoms with Crippen molar-refractivity contribution < 1.29 is 13.6 Å². The number of thioether (sulfide) groups is 1. The third kappa shape index (κ3) is 4.80. The summed E-state index contributed by atoms with van der Waals surface area (Å²) in [6, 6.07) is 12.5. The van der Waals surface area contributed by atoms with E-state index in [2.05, 4.69) is 5.32 Å². The van der Waals surface area contributed by atoms with E-state index in [1.54, 1.807) is 0 Å². The zero-order valence-corrected chi connectivity index (χ0v) is 14.4. The molecule has 1 fully saturated rings. The van der Waals surface area contributed by atoms with Crippen LogP contribution in [0.15, 0.2) is 53.4 Å². The van der Waals surface area contributed by atoms with Gasteiger partial charge in [-0.15, -0.1) is 11.8 Å². The molecule has 25 heavy (non-hydrogen) atoms. The molecule has 0 saturated heterocycles. The van der Waals surface area contributed by atoms with E-state index in [9.17, 15) is 13.6 Å². The highest BCUT2D eigenvalue weighted by atomic mass is 32.2. The van der Waals surface area contributed by atoms with Gasteiger partial charge in [0.25, 0.3) is 0 Å². The Labute approximate surface area is 150 Å². The van der Waals surface area contributed by atoms with Gasteiger partial charge in [-0.3, -0.25) is 4.79 Å². The van der Waals surface area contributed by atoms with Gasteiger partial charge in [0.1, 0.15) is 16.9 Å². The number of carbonyl (C=O) groups is 1. The van der Waals surface area contributed by atoms with Crippen LogP contribution < -0.4 is 11.1 Å². The van der Waals surface area contributed by atoms with Crippen LogP contribution in [0.5, 0.6) is 0 Å². The van der Waals surface area contributed by atoms with Gasteiger partial charge in [-0.25, -0.2) is 8.78 Å². The molecule has 0 heterocycles. The van der Waals surface area contributed by atoms with Crippen LogP contribution in [-0.2, 0) is 4.79 Å². The lowest BCUT2D eigenvalue weighted by atomic mass is 10.1. The molecule has 6 heteroatoms. The van der Waals surface area contributed by atoms with Crippen molar-refractivity contribution in [3.05, 3.63) is 65.7 Å². The first-order chi connectivity index (χ1) is 12.0. The minimum absolute atomic E-state index is 0.0482. The second kappa shape index (κ2) is 7.97. The lowest BCUT2D eigenvalue weighted by Crippen LogP contribution is -2.40. The Hall–Kier alpha value is -1.92. The van der Waals surface area contributed by atoms with E-state index in [0.29, 0.717) is 12.5 Å². The predicted octanol–water partition coefficient (Wildman–Crippen LogP) is 3.65. The van der Waals surface area contributed by atoms with Crippen LogP contribution in [0.2, 0.25) is 0 Å². The summed E-state index contributed by atoms with van der Waals surface area (Å²) < 4.78 is 27.1. The maximum Gasteiger partial charge on any atom is 0.238 e. The largest absolute Gasteiger partial charge is 0.353 e. The molecule has 3 rings (SSSR count). The van der Waals surface area contributed by atoms with Crippen LogP contribution in [0.1, 0.15) is 23.7 Å². The summed E-state index contributed by atoms with van der Waals surface area (Å²) in [7, 11) is 0. The Bertz CT molecular complexity index is 737. The van der Waals surface area contributed by atoms with E-state index >= 15 is 0 Å². The SMILES string of the molecule is NC(CNC(=O)C(Sc1ccc(F)cc1F)c1ccccc1)C1CC1. The molecule has 1 saturated carbocycles. The molecule has 3 nitrogen and oxygen atoms in total. The van der Waals surface area contributed by atoms with E-state index in [4.69, 9.17) is 5.73 Å². The lowest BCUT2D eigenvalue weighted by Gasteiger charge is -2.19. The van der Waals surface area contributed by atoms with Crippen LogP contribution >= 0.6 is 11.8 Å². The third-order valence-electron chi connectivity index (χ3n) is 4.22. The maximum atomic E-state index is 14.0. The van der Waals surface area contributed by atoms with Crippen molar-refractivity contribution in [3.8, 4) is 0 Å². The standard InChI is InChI=1S/C19H20F2N2OS/c20-14-8-9-17(15(21)10-14)25-18(13-4-2-1-3-5-13)19(24)23-11-16(22)12-6-7-12/h1-5,8-10,12,16,18H,6-7,11,22H2,(H,23,24). The fraction of sp³-hybridized carbons (Fsp3) is 0.316. The zero-order valence-electron chi connectivity index (χ0n) is 13.6. The molecule has 0 bridgehead atoms. The second-order valence-corrected chi connectivity index (χ2v) is 7.38. The summed E-state index contributed by atoms with van der Waals surface area (Å²) in [5.74, 6) is -1.06. The van der Waals surface area contributed by atoms with Crippen molar-refractivity contribution in [3.63, 3.8) is 0 Å². The topological polar surface area (TPSA) is 55.1 Å². The van der Waals surface area contributed by atoms with Crippen molar-refractivity contribution in [1.29, 1.82) is 0 Å². The minimum Gasteiger partial charge on any atom is -0.353 e. The van der Waals surface area contributed by atoms with Gasteiger partial charge in [-0.2, -0.15) is 0 Å². The molecule has 1 aliphatic carbocycles. The van der Waals surface area contributed by atoms with Gasteiger partial charge in [0, 0.05) is 23.5 Å². The third-order valence-corrected chi connectivity index (χ3v) is 5.53. The molecule has 0 aromatic heterocycles. The van der Waals surface area contributed by atoms with E-state index in [1.165, 1.54) is 12.1 Å². The predicted molar refractivity (Wildman–Crippen MR) is 95.1 cm³/mol. The van der Waals surface area contributed by atoms with Gasteiger partial charge in [-0.1, -0.05) is 30.3 Å². The number of carbonyl (C=O) groups excluding carboxylic acids is 1. The van der Waals surface area contributed by atoms with Gasteiger partial charge in [0.2, 0.25) is 5.91 Å². The van der Waals surface area contributed by atoms with E-state index in [1.807, 2.05) is 30.3 Å². The molecule has 2 unspecified atom stereocenters. The Balaban J connectivity index is 1.76. The number of nitrogens with two attached hydrogens (primary N) is 1. The Kier molecular flexibility index (Phi) is 5.71. The number of nitrogens with one attached hydrogen (secondary N) is 1. The summed E-state index contributed by atoms with van der Waals surface area (Å²) in [6.07, 6.45) is 2.21. The molecule has 2 aromatic carbocycles. The molecule has 132 valence electrons. The summed E-state index contributed by atoms with van der Waals surface area (Å²) in [4.78, 5) is 12.9. The normalized spacial score (nSPS) is 16.3. The van der Waals surface area contributed by atoms with Gasteiger partial charge in [0.05, 0.1) is 0 Å². The quantitative estimate of drug-likeness (QED) is 0.739. The number of halogens is 2. The molecule has 2 atom stereocenters. The fourth-order valence-electron chi connectivity index (χ4n) is 2.60. The summed E-state index contributed by atoms with van der Waals surface area (Å²) >= 11 is 1.07. The molecule has 0 aliphatic heterocycles. The van der Waals surface area contributed by atoms with Crippen molar-refractivity contribution in [1.82, 2.24) is 5.32 Å². The molecule has 1 aliphatic rings.